The number of halogens is 1. The first-order valence-electron chi connectivity index (χ1n) is 2.84. The van der Waals surface area contributed by atoms with Crippen LogP contribution in [0.1, 0.15) is 11.1 Å². The average Bonchev–Trinajstić information content (AvgIpc) is 2.05. The molecule has 0 spiro atoms. The third kappa shape index (κ3) is 1.70. The maximum absolute atomic E-state index is 8.16. The van der Waals surface area contributed by atoms with Crippen molar-refractivity contribution in [1.82, 2.24) is 0 Å². The van der Waals surface area contributed by atoms with Crippen LogP contribution in [0.4, 0.5) is 0 Å². The summed E-state index contributed by atoms with van der Waals surface area (Å²) < 4.78 is 0. The van der Waals surface area contributed by atoms with Gasteiger partial charge in [-0.1, -0.05) is 41.9 Å². The fourth-order valence-corrected chi connectivity index (χ4v) is 0.811. The summed E-state index contributed by atoms with van der Waals surface area (Å²) in [5.41, 5.74) is -0.0205. The molecule has 54 valence electrons. The first kappa shape index (κ1) is 7.54. The topological polar surface area (TPSA) is 29.5 Å². The van der Waals surface area contributed by atoms with Gasteiger partial charge in [0.15, 0.2) is 5.56 Å². The minimum absolute atomic E-state index is 0.742. The monoisotopic (exact) mass is 158 g/mol. The van der Waals surface area contributed by atoms with Crippen LogP contribution in [0.15, 0.2) is 30.3 Å². The van der Waals surface area contributed by atoms with E-state index >= 15 is 0 Å². The summed E-state index contributed by atoms with van der Waals surface area (Å²) in [5.74, 6) is 0. The van der Waals surface area contributed by atoms with Crippen LogP contribution in [0.25, 0.3) is 0 Å². The van der Waals surface area contributed by atoms with Crippen LogP contribution in [0.3, 0.4) is 0 Å². The van der Waals surface area contributed by atoms with Gasteiger partial charge in [0.1, 0.15) is 0 Å². The van der Waals surface area contributed by atoms with E-state index in [1.54, 1.807) is 12.1 Å². The Hall–Kier alpha value is -0.570. The molecule has 10 heavy (non-hydrogen) atoms. The summed E-state index contributed by atoms with van der Waals surface area (Å²) in [7, 11) is 0. The summed E-state index contributed by atoms with van der Waals surface area (Å²) in [5, 5.41) is 8.16. The lowest BCUT2D eigenvalue weighted by atomic mass is 10.2. The summed E-state index contributed by atoms with van der Waals surface area (Å²) >= 11 is 5.52. The number of hydrogen-bond donors (Lipinski definition) is 1. The number of hydrogen-bond acceptors (Lipinski definition) is 2. The maximum atomic E-state index is 8.16. The third-order valence-corrected chi connectivity index (χ3v) is 1.49. The zero-order chi connectivity index (χ0) is 7.40. The standard InChI is InChI=1S/C7H7ClO2/c8-7(10-9)6-4-2-1-3-5-6/h1-5,7,9H. The summed E-state index contributed by atoms with van der Waals surface area (Å²) in [6, 6.07) is 9.06. The van der Waals surface area contributed by atoms with E-state index in [2.05, 4.69) is 4.89 Å². The average molecular weight is 159 g/mol. The third-order valence-electron chi connectivity index (χ3n) is 1.15. The van der Waals surface area contributed by atoms with Gasteiger partial charge in [-0.2, -0.15) is 0 Å². The smallest absolute Gasteiger partial charge is 0.191 e. The normalized spacial score (nSPS) is 13.0. The van der Waals surface area contributed by atoms with Crippen molar-refractivity contribution in [3.05, 3.63) is 35.9 Å². The molecule has 0 aromatic heterocycles. The Morgan fingerprint density at radius 3 is 2.40 bits per heavy atom. The van der Waals surface area contributed by atoms with Crippen molar-refractivity contribution in [1.29, 1.82) is 0 Å². The molecular weight excluding hydrogens is 152 g/mol. The van der Waals surface area contributed by atoms with Crippen molar-refractivity contribution in [3.63, 3.8) is 0 Å². The van der Waals surface area contributed by atoms with Crippen molar-refractivity contribution in [2.75, 3.05) is 0 Å². The zero-order valence-electron chi connectivity index (χ0n) is 5.20. The molecule has 0 radical (unpaired) electrons. The van der Waals surface area contributed by atoms with E-state index < -0.39 is 5.56 Å². The molecule has 0 saturated heterocycles. The highest BCUT2D eigenvalue weighted by Crippen LogP contribution is 2.19. The maximum Gasteiger partial charge on any atom is 0.191 e. The van der Waals surface area contributed by atoms with Gasteiger partial charge in [-0.3, -0.25) is 0 Å². The van der Waals surface area contributed by atoms with Crippen LogP contribution < -0.4 is 0 Å². The lowest BCUT2D eigenvalue weighted by Gasteiger charge is -2.03. The fraction of sp³-hybridized carbons (Fsp3) is 0.143. The molecule has 0 bridgehead atoms. The highest BCUT2D eigenvalue weighted by Gasteiger charge is 2.04. The quantitative estimate of drug-likeness (QED) is 0.407. The Morgan fingerprint density at radius 2 is 1.90 bits per heavy atom. The molecule has 0 aliphatic carbocycles. The van der Waals surface area contributed by atoms with Gasteiger partial charge >= 0.3 is 0 Å². The Bertz CT molecular complexity index is 188. The molecule has 1 unspecified atom stereocenters. The predicted octanol–water partition coefficient (Wildman–Crippen LogP) is 2.41. The summed E-state index contributed by atoms with van der Waals surface area (Å²) in [6.45, 7) is 0. The van der Waals surface area contributed by atoms with Gasteiger partial charge in [0.2, 0.25) is 0 Å². The molecule has 1 N–H and O–H groups in total. The van der Waals surface area contributed by atoms with E-state index in [4.69, 9.17) is 16.9 Å². The van der Waals surface area contributed by atoms with Crippen LogP contribution in [-0.4, -0.2) is 5.26 Å². The molecule has 0 fully saturated rings. The minimum atomic E-state index is -0.763. The number of alkyl halides is 1. The molecule has 0 heterocycles. The molecule has 0 aliphatic heterocycles. The van der Waals surface area contributed by atoms with Crippen molar-refractivity contribution < 1.29 is 10.1 Å². The molecule has 0 aliphatic rings. The first-order chi connectivity index (χ1) is 4.84. The van der Waals surface area contributed by atoms with Gasteiger partial charge in [0.25, 0.3) is 0 Å². The largest absolute Gasteiger partial charge is 0.250 e. The van der Waals surface area contributed by atoms with E-state index in [0.29, 0.717) is 0 Å². The zero-order valence-corrected chi connectivity index (χ0v) is 5.95. The van der Waals surface area contributed by atoms with Crippen molar-refractivity contribution in [2.24, 2.45) is 0 Å². The molecule has 2 nitrogen and oxygen atoms in total. The molecule has 3 heteroatoms. The Morgan fingerprint density at radius 1 is 1.30 bits per heavy atom. The molecule has 0 saturated carbocycles. The van der Waals surface area contributed by atoms with Crippen LogP contribution in [0.5, 0.6) is 0 Å². The van der Waals surface area contributed by atoms with Gasteiger partial charge in [-0.25, -0.2) is 10.1 Å². The molecule has 1 aromatic rings. The van der Waals surface area contributed by atoms with E-state index in [0.717, 1.165) is 5.56 Å². The van der Waals surface area contributed by atoms with Crippen molar-refractivity contribution in [2.45, 2.75) is 5.56 Å². The lowest BCUT2D eigenvalue weighted by molar-refractivity contribution is -0.258. The second kappa shape index (κ2) is 3.56. The van der Waals surface area contributed by atoms with Crippen LogP contribution in [-0.2, 0) is 4.89 Å². The van der Waals surface area contributed by atoms with Crippen molar-refractivity contribution in [3.8, 4) is 0 Å². The van der Waals surface area contributed by atoms with Crippen LogP contribution >= 0.6 is 11.6 Å². The minimum Gasteiger partial charge on any atom is -0.250 e. The second-order valence-corrected chi connectivity index (χ2v) is 2.23. The SMILES string of the molecule is OOC(Cl)c1ccccc1. The van der Waals surface area contributed by atoms with Crippen LogP contribution in [0.2, 0.25) is 0 Å². The molecule has 1 rings (SSSR count). The van der Waals surface area contributed by atoms with E-state index in [9.17, 15) is 0 Å². The van der Waals surface area contributed by atoms with E-state index in [1.165, 1.54) is 0 Å². The first-order valence-corrected chi connectivity index (χ1v) is 3.27. The van der Waals surface area contributed by atoms with Gasteiger partial charge < -0.3 is 0 Å². The van der Waals surface area contributed by atoms with Gasteiger partial charge in [0.05, 0.1) is 0 Å². The van der Waals surface area contributed by atoms with Gasteiger partial charge in [0, 0.05) is 0 Å². The Kier molecular flexibility index (Phi) is 2.68. The molecule has 1 atom stereocenters. The van der Waals surface area contributed by atoms with Gasteiger partial charge in [-0.15, -0.1) is 0 Å². The van der Waals surface area contributed by atoms with E-state index in [1.807, 2.05) is 18.2 Å². The number of rotatable bonds is 2. The Balaban J connectivity index is 2.75. The molecule has 0 amide bonds. The van der Waals surface area contributed by atoms with Gasteiger partial charge in [-0.05, 0) is 5.56 Å². The Labute approximate surface area is 63.9 Å². The summed E-state index contributed by atoms with van der Waals surface area (Å²) in [4.78, 5) is 3.90. The highest BCUT2D eigenvalue weighted by atomic mass is 35.5. The number of benzene rings is 1. The highest BCUT2D eigenvalue weighted by molar-refractivity contribution is 6.19. The lowest BCUT2D eigenvalue weighted by Crippen LogP contribution is -1.91. The fourth-order valence-electron chi connectivity index (χ4n) is 0.665. The van der Waals surface area contributed by atoms with Crippen LogP contribution in [0, 0.1) is 0 Å². The molecule has 1 aromatic carbocycles. The second-order valence-electron chi connectivity index (χ2n) is 1.83. The van der Waals surface area contributed by atoms with Crippen molar-refractivity contribution >= 4 is 11.6 Å². The summed E-state index contributed by atoms with van der Waals surface area (Å²) in [6.07, 6.45) is 0. The predicted molar refractivity (Wildman–Crippen MR) is 38.7 cm³/mol. The molecular formula is C7H7ClO2. The van der Waals surface area contributed by atoms with E-state index in [-0.39, 0.29) is 0 Å².